The van der Waals surface area contributed by atoms with E-state index in [9.17, 15) is 13.2 Å². The van der Waals surface area contributed by atoms with Crippen LogP contribution >= 0.6 is 0 Å². The van der Waals surface area contributed by atoms with Gasteiger partial charge in [-0.3, -0.25) is 0 Å². The predicted octanol–water partition coefficient (Wildman–Crippen LogP) is 2.66. The summed E-state index contributed by atoms with van der Waals surface area (Å²) >= 11 is 0. The maximum absolute atomic E-state index is 12.1. The van der Waals surface area contributed by atoms with Crippen LogP contribution in [0.1, 0.15) is 31.4 Å². The standard InChI is InChI=1S/C18H28F3N5/c1-12-15(25-14-9-17(10-14)7-13(22)8-17)3-4-16(24-12)26(2)6-5-23-11-18(19,20)21/h3-4,13-14,23,25H,5-11,22H2,1-2H3. The number of halogens is 3. The van der Waals surface area contributed by atoms with Gasteiger partial charge in [-0.05, 0) is 50.2 Å². The SMILES string of the molecule is Cc1nc(N(C)CCNCC(F)(F)F)ccc1NC1CC2(CC(N)C2)C1. The van der Waals surface area contributed by atoms with Crippen molar-refractivity contribution >= 4 is 11.5 Å². The molecule has 5 nitrogen and oxygen atoms in total. The van der Waals surface area contributed by atoms with Gasteiger partial charge in [0.2, 0.25) is 0 Å². The number of hydrogen-bond donors (Lipinski definition) is 3. The summed E-state index contributed by atoms with van der Waals surface area (Å²) in [4.78, 5) is 6.44. The van der Waals surface area contributed by atoms with E-state index in [1.54, 1.807) is 0 Å². The summed E-state index contributed by atoms with van der Waals surface area (Å²) in [6.45, 7) is 1.70. The molecule has 0 radical (unpaired) electrons. The minimum atomic E-state index is -4.18. The zero-order valence-electron chi connectivity index (χ0n) is 15.4. The van der Waals surface area contributed by atoms with Crippen molar-refractivity contribution in [2.24, 2.45) is 11.1 Å². The molecule has 0 unspecified atom stereocenters. The van der Waals surface area contributed by atoms with Crippen molar-refractivity contribution in [2.45, 2.75) is 50.9 Å². The molecule has 1 heterocycles. The largest absolute Gasteiger partial charge is 0.401 e. The monoisotopic (exact) mass is 371 g/mol. The number of nitrogens with one attached hydrogen (secondary N) is 2. The van der Waals surface area contributed by atoms with E-state index in [2.05, 4.69) is 15.6 Å². The Kier molecular flexibility index (Phi) is 5.35. The first-order chi connectivity index (χ1) is 12.2. The summed E-state index contributed by atoms with van der Waals surface area (Å²) in [5.74, 6) is 0.761. The van der Waals surface area contributed by atoms with Crippen molar-refractivity contribution in [3.05, 3.63) is 17.8 Å². The van der Waals surface area contributed by atoms with E-state index < -0.39 is 12.7 Å². The van der Waals surface area contributed by atoms with Crippen LogP contribution in [-0.2, 0) is 0 Å². The van der Waals surface area contributed by atoms with Crippen LogP contribution < -0.4 is 21.3 Å². The Morgan fingerprint density at radius 3 is 2.54 bits per heavy atom. The molecule has 8 heteroatoms. The van der Waals surface area contributed by atoms with Crippen LogP contribution in [0.4, 0.5) is 24.7 Å². The van der Waals surface area contributed by atoms with Crippen LogP contribution in [0.2, 0.25) is 0 Å². The van der Waals surface area contributed by atoms with E-state index in [1.165, 1.54) is 12.8 Å². The maximum atomic E-state index is 12.1. The van der Waals surface area contributed by atoms with Gasteiger partial charge in [0, 0.05) is 32.2 Å². The molecule has 2 saturated carbocycles. The minimum Gasteiger partial charge on any atom is -0.381 e. The average molecular weight is 371 g/mol. The number of hydrogen-bond acceptors (Lipinski definition) is 5. The Morgan fingerprint density at radius 2 is 1.96 bits per heavy atom. The van der Waals surface area contributed by atoms with Gasteiger partial charge in [0.05, 0.1) is 17.9 Å². The fraction of sp³-hybridized carbons (Fsp3) is 0.722. The molecule has 0 bridgehead atoms. The number of pyridine rings is 1. The quantitative estimate of drug-likeness (QED) is 0.643. The summed E-state index contributed by atoms with van der Waals surface area (Å²) in [7, 11) is 1.83. The van der Waals surface area contributed by atoms with Gasteiger partial charge in [0.15, 0.2) is 0 Å². The van der Waals surface area contributed by atoms with Crippen LogP contribution in [0.25, 0.3) is 0 Å². The Hall–Kier alpha value is -1.54. The molecule has 3 rings (SSSR count). The summed E-state index contributed by atoms with van der Waals surface area (Å²) in [5.41, 5.74) is 8.32. The molecule has 2 aliphatic rings. The van der Waals surface area contributed by atoms with E-state index in [4.69, 9.17) is 5.73 Å². The highest BCUT2D eigenvalue weighted by Crippen LogP contribution is 2.55. The molecule has 2 fully saturated rings. The molecule has 0 atom stereocenters. The second kappa shape index (κ2) is 7.23. The smallest absolute Gasteiger partial charge is 0.381 e. The lowest BCUT2D eigenvalue weighted by Crippen LogP contribution is -2.57. The third-order valence-corrected chi connectivity index (χ3v) is 5.52. The molecule has 146 valence electrons. The number of anilines is 2. The first kappa shape index (κ1) is 19.2. The van der Waals surface area contributed by atoms with Gasteiger partial charge in [-0.1, -0.05) is 0 Å². The first-order valence-electron chi connectivity index (χ1n) is 9.14. The van der Waals surface area contributed by atoms with Crippen molar-refractivity contribution in [3.8, 4) is 0 Å². The van der Waals surface area contributed by atoms with E-state index in [0.29, 0.717) is 24.0 Å². The zero-order chi connectivity index (χ0) is 18.9. The highest BCUT2D eigenvalue weighted by Gasteiger charge is 2.51. The lowest BCUT2D eigenvalue weighted by Gasteiger charge is -2.57. The summed E-state index contributed by atoms with van der Waals surface area (Å²) in [5, 5.41) is 5.96. The maximum Gasteiger partial charge on any atom is 0.401 e. The fourth-order valence-electron chi connectivity index (χ4n) is 4.20. The molecule has 0 aromatic carbocycles. The van der Waals surface area contributed by atoms with E-state index in [1.807, 2.05) is 31.0 Å². The second-order valence-corrected chi connectivity index (χ2v) is 7.93. The van der Waals surface area contributed by atoms with Crippen molar-refractivity contribution in [1.29, 1.82) is 0 Å². The van der Waals surface area contributed by atoms with Gasteiger partial charge in [-0.25, -0.2) is 4.98 Å². The number of alkyl halides is 3. The number of rotatable bonds is 7. The van der Waals surface area contributed by atoms with Gasteiger partial charge in [-0.15, -0.1) is 0 Å². The van der Waals surface area contributed by atoms with Crippen molar-refractivity contribution in [2.75, 3.05) is 36.9 Å². The summed E-state index contributed by atoms with van der Waals surface area (Å²) in [6.07, 6.45) is 0.466. The molecule has 0 saturated heterocycles. The normalized spacial score (nSPS) is 27.8. The Labute approximate surface area is 152 Å². The molecular formula is C18H28F3N5. The molecule has 1 aromatic rings. The Balaban J connectivity index is 1.45. The average Bonchev–Trinajstić information content (AvgIpc) is 2.48. The minimum absolute atomic E-state index is 0.253. The number of aryl methyl sites for hydroxylation is 1. The number of aromatic nitrogens is 1. The van der Waals surface area contributed by atoms with Gasteiger partial charge in [-0.2, -0.15) is 13.2 Å². The molecule has 2 aliphatic carbocycles. The van der Waals surface area contributed by atoms with E-state index in [0.717, 1.165) is 30.0 Å². The van der Waals surface area contributed by atoms with Gasteiger partial charge in [0.25, 0.3) is 0 Å². The molecule has 26 heavy (non-hydrogen) atoms. The van der Waals surface area contributed by atoms with Crippen molar-refractivity contribution < 1.29 is 13.2 Å². The van der Waals surface area contributed by atoms with Crippen LogP contribution in [0, 0.1) is 12.3 Å². The molecule has 0 amide bonds. The summed E-state index contributed by atoms with van der Waals surface area (Å²) in [6, 6.07) is 4.79. The highest BCUT2D eigenvalue weighted by atomic mass is 19.4. The summed E-state index contributed by atoms with van der Waals surface area (Å²) < 4.78 is 36.4. The third-order valence-electron chi connectivity index (χ3n) is 5.52. The van der Waals surface area contributed by atoms with E-state index in [-0.39, 0.29) is 6.54 Å². The van der Waals surface area contributed by atoms with Crippen LogP contribution in [0.15, 0.2) is 12.1 Å². The van der Waals surface area contributed by atoms with Crippen LogP contribution in [0.5, 0.6) is 0 Å². The molecule has 1 spiro atoms. The topological polar surface area (TPSA) is 66.2 Å². The molecule has 1 aromatic heterocycles. The second-order valence-electron chi connectivity index (χ2n) is 7.93. The Bertz CT molecular complexity index is 620. The number of likely N-dealkylation sites (N-methyl/N-ethyl adjacent to an activating group) is 1. The molecule has 4 N–H and O–H groups in total. The van der Waals surface area contributed by atoms with E-state index >= 15 is 0 Å². The lowest BCUT2D eigenvalue weighted by atomic mass is 9.52. The molecule has 0 aliphatic heterocycles. The zero-order valence-corrected chi connectivity index (χ0v) is 15.4. The van der Waals surface area contributed by atoms with Gasteiger partial charge in [0.1, 0.15) is 5.82 Å². The van der Waals surface area contributed by atoms with Crippen molar-refractivity contribution in [3.63, 3.8) is 0 Å². The van der Waals surface area contributed by atoms with Crippen LogP contribution in [0.3, 0.4) is 0 Å². The van der Waals surface area contributed by atoms with Crippen LogP contribution in [-0.4, -0.2) is 49.9 Å². The van der Waals surface area contributed by atoms with Crippen molar-refractivity contribution in [1.82, 2.24) is 10.3 Å². The van der Waals surface area contributed by atoms with Gasteiger partial charge < -0.3 is 21.3 Å². The predicted molar refractivity (Wildman–Crippen MR) is 97.5 cm³/mol. The Morgan fingerprint density at radius 1 is 1.27 bits per heavy atom. The lowest BCUT2D eigenvalue weighted by molar-refractivity contribution is -0.124. The highest BCUT2D eigenvalue weighted by molar-refractivity contribution is 5.54. The fourth-order valence-corrected chi connectivity index (χ4v) is 4.20. The number of nitrogens with two attached hydrogens (primary N) is 1. The number of nitrogens with zero attached hydrogens (tertiary/aromatic N) is 2. The molecular weight excluding hydrogens is 343 g/mol. The third kappa shape index (κ3) is 4.59. The van der Waals surface area contributed by atoms with Gasteiger partial charge >= 0.3 is 6.18 Å². The first-order valence-corrected chi connectivity index (χ1v) is 9.14.